The first-order valence-corrected chi connectivity index (χ1v) is 9.94. The Hall–Kier alpha value is -3.60. The number of nitrogens with one attached hydrogen (secondary N) is 1. The number of nitrogens with zero attached hydrogens (tertiary/aromatic N) is 4. The molecule has 2 aromatic heterocycles. The van der Waals surface area contributed by atoms with E-state index in [0.717, 1.165) is 23.2 Å². The van der Waals surface area contributed by atoms with Gasteiger partial charge in [0.05, 0.1) is 21.6 Å². The largest absolute Gasteiger partial charge is 0.501 e. The van der Waals surface area contributed by atoms with Crippen molar-refractivity contribution in [2.24, 2.45) is 0 Å². The highest BCUT2D eigenvalue weighted by Gasteiger charge is 2.46. The number of fused-ring (bicyclic) bond motifs is 1. The third-order valence-corrected chi connectivity index (χ3v) is 5.68. The van der Waals surface area contributed by atoms with Crippen molar-refractivity contribution in [1.29, 1.82) is 0 Å². The molecule has 1 N–H and O–H groups in total. The van der Waals surface area contributed by atoms with Gasteiger partial charge in [0.1, 0.15) is 12.1 Å². The maximum absolute atomic E-state index is 12.6. The van der Waals surface area contributed by atoms with Gasteiger partial charge in [0.25, 0.3) is 9.84 Å². The molecule has 0 saturated heterocycles. The van der Waals surface area contributed by atoms with Crippen LogP contribution in [-0.2, 0) is 9.84 Å². The van der Waals surface area contributed by atoms with Crippen LogP contribution in [-0.4, -0.2) is 33.9 Å². The summed E-state index contributed by atoms with van der Waals surface area (Å²) in [5, 5.41) is 2.91. The zero-order chi connectivity index (χ0) is 21.4. The topological polar surface area (TPSA) is 97.7 Å². The summed E-state index contributed by atoms with van der Waals surface area (Å²) in [5.41, 5.74) is -2.18. The molecule has 0 fully saturated rings. The van der Waals surface area contributed by atoms with Gasteiger partial charge in [-0.1, -0.05) is 6.07 Å². The second-order valence-electron chi connectivity index (χ2n) is 6.15. The molecule has 4 aromatic rings. The number of benzene rings is 2. The molecule has 0 aliphatic carbocycles. The van der Waals surface area contributed by atoms with Gasteiger partial charge < -0.3 is 5.32 Å². The van der Waals surface area contributed by atoms with Crippen molar-refractivity contribution in [3.05, 3.63) is 67.3 Å². The predicted octanol–water partition coefficient (Wildman–Crippen LogP) is 4.12. The molecule has 2 heterocycles. The van der Waals surface area contributed by atoms with Crippen LogP contribution in [0.2, 0.25) is 0 Å². The molecular formula is C19H12F3N5O2S. The zero-order valence-corrected chi connectivity index (χ0v) is 15.8. The van der Waals surface area contributed by atoms with Crippen LogP contribution < -0.4 is 5.32 Å². The first-order chi connectivity index (χ1) is 14.2. The van der Waals surface area contributed by atoms with Crippen LogP contribution in [0.1, 0.15) is 0 Å². The van der Waals surface area contributed by atoms with Gasteiger partial charge in [0.2, 0.25) is 0 Å². The number of hydrogen-bond acceptors (Lipinski definition) is 7. The molecule has 30 heavy (non-hydrogen) atoms. The van der Waals surface area contributed by atoms with Gasteiger partial charge in [-0.05, 0) is 36.4 Å². The average Bonchev–Trinajstić information content (AvgIpc) is 2.73. The minimum absolute atomic E-state index is 0.366. The standard InChI is InChI=1S/C19H12F3N5O2S/c20-19(21,22)30(28,29)14-4-2-13(3-5-14)27-18-10-16(25-11-26-18)12-1-6-15-17(9-12)24-8-7-23-15/h1-11H,(H,25,26,27). The van der Waals surface area contributed by atoms with Crippen molar-refractivity contribution in [2.45, 2.75) is 10.4 Å². The Kier molecular flexibility index (Phi) is 4.82. The second kappa shape index (κ2) is 7.34. The van der Waals surface area contributed by atoms with Gasteiger partial charge in [-0.15, -0.1) is 0 Å². The lowest BCUT2D eigenvalue weighted by Crippen LogP contribution is -2.23. The van der Waals surface area contributed by atoms with E-state index < -0.39 is 20.2 Å². The van der Waals surface area contributed by atoms with Gasteiger partial charge in [0, 0.05) is 29.7 Å². The van der Waals surface area contributed by atoms with E-state index in [4.69, 9.17) is 0 Å². The summed E-state index contributed by atoms with van der Waals surface area (Å²) in [6.07, 6.45) is 4.52. The van der Waals surface area contributed by atoms with Gasteiger partial charge in [-0.2, -0.15) is 13.2 Å². The number of aromatic nitrogens is 4. The Labute approximate surface area is 168 Å². The molecule has 7 nitrogen and oxygen atoms in total. The van der Waals surface area contributed by atoms with E-state index in [1.807, 2.05) is 18.2 Å². The highest BCUT2D eigenvalue weighted by atomic mass is 32.2. The smallest absolute Gasteiger partial charge is 0.340 e. The molecule has 11 heteroatoms. The van der Waals surface area contributed by atoms with E-state index >= 15 is 0 Å². The van der Waals surface area contributed by atoms with Crippen molar-refractivity contribution < 1.29 is 21.6 Å². The van der Waals surface area contributed by atoms with E-state index in [9.17, 15) is 21.6 Å². The Morgan fingerprint density at radius 3 is 2.20 bits per heavy atom. The zero-order valence-electron chi connectivity index (χ0n) is 15.0. The summed E-state index contributed by atoms with van der Waals surface area (Å²) in [6.45, 7) is 0. The molecule has 0 bridgehead atoms. The summed E-state index contributed by atoms with van der Waals surface area (Å²) in [6, 6.07) is 11.3. The molecule has 0 saturated carbocycles. The van der Waals surface area contributed by atoms with Crippen molar-refractivity contribution in [3.63, 3.8) is 0 Å². The molecule has 0 amide bonds. The Balaban J connectivity index is 1.59. The van der Waals surface area contributed by atoms with Crippen LogP contribution in [0.15, 0.2) is 72.1 Å². The number of sulfone groups is 1. The summed E-state index contributed by atoms with van der Waals surface area (Å²) >= 11 is 0. The number of alkyl halides is 3. The molecule has 2 aromatic carbocycles. The summed E-state index contributed by atoms with van der Waals surface area (Å²) in [7, 11) is -5.39. The van der Waals surface area contributed by atoms with Crippen molar-refractivity contribution in [1.82, 2.24) is 19.9 Å². The second-order valence-corrected chi connectivity index (χ2v) is 8.09. The first kappa shape index (κ1) is 19.7. The molecule has 0 aliphatic heterocycles. The third-order valence-electron chi connectivity index (χ3n) is 4.17. The highest BCUT2D eigenvalue weighted by Crippen LogP contribution is 2.31. The fraction of sp³-hybridized carbons (Fsp3) is 0.0526. The van der Waals surface area contributed by atoms with Crippen LogP contribution in [0.25, 0.3) is 22.3 Å². The number of halogens is 3. The van der Waals surface area contributed by atoms with E-state index in [2.05, 4.69) is 25.3 Å². The molecule has 4 rings (SSSR count). The lowest BCUT2D eigenvalue weighted by molar-refractivity contribution is -0.0436. The number of rotatable bonds is 4. The van der Waals surface area contributed by atoms with Crippen molar-refractivity contribution in [2.75, 3.05) is 5.32 Å². The lowest BCUT2D eigenvalue weighted by Gasteiger charge is -2.10. The number of hydrogen-bond donors (Lipinski definition) is 1. The number of anilines is 2. The maximum atomic E-state index is 12.6. The molecule has 0 unspecified atom stereocenters. The van der Waals surface area contributed by atoms with Crippen LogP contribution >= 0.6 is 0 Å². The Morgan fingerprint density at radius 2 is 1.50 bits per heavy atom. The SMILES string of the molecule is O=S(=O)(c1ccc(Nc2cc(-c3ccc4nccnc4c3)ncn2)cc1)C(F)(F)F. The Bertz CT molecular complexity index is 1330. The monoisotopic (exact) mass is 431 g/mol. The summed E-state index contributed by atoms with van der Waals surface area (Å²) in [5.74, 6) is 0.380. The van der Waals surface area contributed by atoms with Crippen LogP contribution in [0.4, 0.5) is 24.7 Å². The molecule has 0 atom stereocenters. The lowest BCUT2D eigenvalue weighted by atomic mass is 10.1. The highest BCUT2D eigenvalue weighted by molar-refractivity contribution is 7.92. The van der Waals surface area contributed by atoms with Gasteiger partial charge >= 0.3 is 5.51 Å². The average molecular weight is 431 g/mol. The first-order valence-electron chi connectivity index (χ1n) is 8.46. The fourth-order valence-corrected chi connectivity index (χ4v) is 3.47. The third kappa shape index (κ3) is 3.79. The molecule has 0 spiro atoms. The quantitative estimate of drug-likeness (QED) is 0.519. The minimum Gasteiger partial charge on any atom is -0.340 e. The van der Waals surface area contributed by atoms with Gasteiger partial charge in [-0.25, -0.2) is 18.4 Å². The van der Waals surface area contributed by atoms with Crippen LogP contribution in [0, 0.1) is 0 Å². The van der Waals surface area contributed by atoms with Gasteiger partial charge in [-0.3, -0.25) is 9.97 Å². The normalized spacial score (nSPS) is 12.1. The molecule has 152 valence electrons. The maximum Gasteiger partial charge on any atom is 0.501 e. The van der Waals surface area contributed by atoms with Crippen molar-refractivity contribution in [3.8, 4) is 11.3 Å². The fourth-order valence-electron chi connectivity index (χ4n) is 2.71. The van der Waals surface area contributed by atoms with E-state index in [0.29, 0.717) is 22.7 Å². The van der Waals surface area contributed by atoms with E-state index in [1.165, 1.54) is 18.5 Å². The van der Waals surface area contributed by atoms with E-state index in [-0.39, 0.29) is 0 Å². The van der Waals surface area contributed by atoms with Crippen LogP contribution in [0.5, 0.6) is 0 Å². The van der Waals surface area contributed by atoms with E-state index in [1.54, 1.807) is 18.5 Å². The molecular weight excluding hydrogens is 419 g/mol. The van der Waals surface area contributed by atoms with Crippen LogP contribution in [0.3, 0.4) is 0 Å². The summed E-state index contributed by atoms with van der Waals surface area (Å²) in [4.78, 5) is 15.9. The minimum atomic E-state index is -5.39. The molecule has 0 aliphatic rings. The van der Waals surface area contributed by atoms with Gasteiger partial charge in [0.15, 0.2) is 0 Å². The predicted molar refractivity (Wildman–Crippen MR) is 104 cm³/mol. The Morgan fingerprint density at radius 1 is 0.800 bits per heavy atom. The van der Waals surface area contributed by atoms with Crippen molar-refractivity contribution >= 4 is 32.4 Å². The summed E-state index contributed by atoms with van der Waals surface area (Å²) < 4.78 is 60.8. The molecule has 0 radical (unpaired) electrons.